The summed E-state index contributed by atoms with van der Waals surface area (Å²) in [6.45, 7) is 0. The number of halogens is 1. The van der Waals surface area contributed by atoms with Crippen LogP contribution in [0.3, 0.4) is 0 Å². The summed E-state index contributed by atoms with van der Waals surface area (Å²) in [5.41, 5.74) is 1.01. The average Bonchev–Trinajstić information content (AvgIpc) is 3.32. The first-order chi connectivity index (χ1) is 10.3. The Hall–Kier alpha value is -2.01. The summed E-state index contributed by atoms with van der Waals surface area (Å²) in [6, 6.07) is 10.1. The van der Waals surface area contributed by atoms with Gasteiger partial charge < -0.3 is 5.32 Å². The van der Waals surface area contributed by atoms with Crippen LogP contribution in [0.2, 0.25) is 0 Å². The number of nitrogens with zero attached hydrogens (tertiary/aromatic N) is 3. The summed E-state index contributed by atoms with van der Waals surface area (Å²) in [5.74, 6) is 2.26. The molecule has 1 aliphatic rings. The van der Waals surface area contributed by atoms with Gasteiger partial charge in [0.15, 0.2) is 0 Å². The standard InChI is InChI=1S/C16H13BrN4/c17-14-8-15(21-16(20-14)11-4-5-11)19-13-3-1-2-10-6-7-18-9-12(10)13/h1-3,6-9,11H,4-5H2,(H,19,20,21). The van der Waals surface area contributed by atoms with Crippen molar-refractivity contribution >= 4 is 38.2 Å². The van der Waals surface area contributed by atoms with Crippen LogP contribution >= 0.6 is 15.9 Å². The van der Waals surface area contributed by atoms with E-state index in [4.69, 9.17) is 0 Å². The molecule has 3 aromatic rings. The Morgan fingerprint density at radius 1 is 1.14 bits per heavy atom. The van der Waals surface area contributed by atoms with Crippen molar-refractivity contribution in [3.63, 3.8) is 0 Å². The lowest BCUT2D eigenvalue weighted by Crippen LogP contribution is -2.00. The highest BCUT2D eigenvalue weighted by atomic mass is 79.9. The molecule has 1 aliphatic carbocycles. The molecule has 21 heavy (non-hydrogen) atoms. The van der Waals surface area contributed by atoms with E-state index in [2.05, 4.69) is 42.3 Å². The Labute approximate surface area is 130 Å². The molecule has 2 aromatic heterocycles. The van der Waals surface area contributed by atoms with E-state index in [-0.39, 0.29) is 0 Å². The number of hydrogen-bond acceptors (Lipinski definition) is 4. The topological polar surface area (TPSA) is 50.7 Å². The highest BCUT2D eigenvalue weighted by Crippen LogP contribution is 2.39. The van der Waals surface area contributed by atoms with Crippen molar-refractivity contribution in [3.8, 4) is 0 Å². The number of pyridine rings is 1. The van der Waals surface area contributed by atoms with Crippen LogP contribution in [0, 0.1) is 0 Å². The molecule has 0 atom stereocenters. The van der Waals surface area contributed by atoms with Crippen LogP contribution in [0.5, 0.6) is 0 Å². The molecule has 5 heteroatoms. The maximum atomic E-state index is 4.63. The van der Waals surface area contributed by atoms with Gasteiger partial charge in [-0.25, -0.2) is 9.97 Å². The maximum absolute atomic E-state index is 4.63. The second-order valence-electron chi connectivity index (χ2n) is 5.24. The molecule has 4 rings (SSSR count). The molecule has 104 valence electrons. The molecule has 1 fully saturated rings. The second kappa shape index (κ2) is 5.07. The fourth-order valence-corrected chi connectivity index (χ4v) is 2.78. The number of benzene rings is 1. The van der Waals surface area contributed by atoms with E-state index >= 15 is 0 Å². The van der Waals surface area contributed by atoms with E-state index in [9.17, 15) is 0 Å². The minimum Gasteiger partial charge on any atom is -0.340 e. The quantitative estimate of drug-likeness (QED) is 0.717. The van der Waals surface area contributed by atoms with Crippen molar-refractivity contribution in [3.05, 3.63) is 53.2 Å². The molecule has 0 saturated heterocycles. The first kappa shape index (κ1) is 12.7. The van der Waals surface area contributed by atoms with Gasteiger partial charge in [0, 0.05) is 35.5 Å². The van der Waals surface area contributed by atoms with E-state index in [1.807, 2.05) is 30.5 Å². The molecule has 1 aromatic carbocycles. The highest BCUT2D eigenvalue weighted by molar-refractivity contribution is 9.10. The largest absolute Gasteiger partial charge is 0.340 e. The Morgan fingerprint density at radius 2 is 2.05 bits per heavy atom. The van der Waals surface area contributed by atoms with Gasteiger partial charge in [-0.3, -0.25) is 4.98 Å². The molecule has 0 bridgehead atoms. The Bertz CT molecular complexity index is 809. The summed E-state index contributed by atoms with van der Waals surface area (Å²) in [4.78, 5) is 13.3. The third-order valence-electron chi connectivity index (χ3n) is 3.60. The summed E-state index contributed by atoms with van der Waals surface area (Å²) in [7, 11) is 0. The van der Waals surface area contributed by atoms with E-state index in [0.717, 1.165) is 32.7 Å². The lowest BCUT2D eigenvalue weighted by Gasteiger charge is -2.10. The Kier molecular flexibility index (Phi) is 3.07. The molecule has 1 N–H and O–H groups in total. The Balaban J connectivity index is 1.74. The number of aromatic nitrogens is 3. The molecule has 0 radical (unpaired) electrons. The smallest absolute Gasteiger partial charge is 0.135 e. The van der Waals surface area contributed by atoms with Crippen molar-refractivity contribution in [2.24, 2.45) is 0 Å². The fourth-order valence-electron chi connectivity index (χ4n) is 2.38. The zero-order chi connectivity index (χ0) is 14.2. The molecule has 0 aliphatic heterocycles. The van der Waals surface area contributed by atoms with Crippen molar-refractivity contribution in [1.29, 1.82) is 0 Å². The van der Waals surface area contributed by atoms with Crippen LogP contribution in [-0.4, -0.2) is 15.0 Å². The predicted molar refractivity (Wildman–Crippen MR) is 86.7 cm³/mol. The van der Waals surface area contributed by atoms with E-state index in [1.54, 1.807) is 6.20 Å². The van der Waals surface area contributed by atoms with Gasteiger partial charge in [0.05, 0.1) is 0 Å². The van der Waals surface area contributed by atoms with Crippen molar-refractivity contribution in [2.75, 3.05) is 5.32 Å². The van der Waals surface area contributed by atoms with Crippen LogP contribution in [0.4, 0.5) is 11.5 Å². The van der Waals surface area contributed by atoms with Gasteiger partial charge in [-0.05, 0) is 46.3 Å². The molecule has 2 heterocycles. The van der Waals surface area contributed by atoms with Crippen LogP contribution < -0.4 is 5.32 Å². The van der Waals surface area contributed by atoms with Crippen LogP contribution in [0.1, 0.15) is 24.6 Å². The molecule has 0 amide bonds. The fraction of sp³-hybridized carbons (Fsp3) is 0.188. The van der Waals surface area contributed by atoms with Crippen molar-refractivity contribution in [2.45, 2.75) is 18.8 Å². The third kappa shape index (κ3) is 2.61. The van der Waals surface area contributed by atoms with Gasteiger partial charge in [0.1, 0.15) is 16.2 Å². The molecule has 0 unspecified atom stereocenters. The minimum atomic E-state index is 0.525. The predicted octanol–water partition coefficient (Wildman–Crippen LogP) is 4.41. The lowest BCUT2D eigenvalue weighted by atomic mass is 10.1. The zero-order valence-corrected chi connectivity index (χ0v) is 12.8. The molecular formula is C16H13BrN4. The van der Waals surface area contributed by atoms with Gasteiger partial charge in [-0.15, -0.1) is 0 Å². The Morgan fingerprint density at radius 3 is 2.90 bits per heavy atom. The van der Waals surface area contributed by atoms with Gasteiger partial charge in [0.25, 0.3) is 0 Å². The maximum Gasteiger partial charge on any atom is 0.135 e. The van der Waals surface area contributed by atoms with Gasteiger partial charge in [-0.2, -0.15) is 0 Å². The summed E-state index contributed by atoms with van der Waals surface area (Å²) >= 11 is 3.47. The number of nitrogens with one attached hydrogen (secondary N) is 1. The number of fused-ring (bicyclic) bond motifs is 1. The van der Waals surface area contributed by atoms with Crippen LogP contribution in [-0.2, 0) is 0 Å². The molecular weight excluding hydrogens is 328 g/mol. The lowest BCUT2D eigenvalue weighted by molar-refractivity contribution is 0.919. The van der Waals surface area contributed by atoms with Gasteiger partial charge in [0.2, 0.25) is 0 Å². The van der Waals surface area contributed by atoms with E-state index < -0.39 is 0 Å². The first-order valence-corrected chi connectivity index (χ1v) is 7.73. The molecule has 4 nitrogen and oxygen atoms in total. The minimum absolute atomic E-state index is 0.525. The van der Waals surface area contributed by atoms with Crippen molar-refractivity contribution < 1.29 is 0 Å². The second-order valence-corrected chi connectivity index (χ2v) is 6.05. The summed E-state index contributed by atoms with van der Waals surface area (Å²) < 4.78 is 0.820. The van der Waals surface area contributed by atoms with E-state index in [0.29, 0.717) is 5.92 Å². The monoisotopic (exact) mass is 340 g/mol. The average molecular weight is 341 g/mol. The molecule has 1 saturated carbocycles. The number of hydrogen-bond donors (Lipinski definition) is 1. The molecule has 0 spiro atoms. The van der Waals surface area contributed by atoms with Gasteiger partial charge in [-0.1, -0.05) is 12.1 Å². The van der Waals surface area contributed by atoms with Crippen LogP contribution in [0.25, 0.3) is 10.8 Å². The number of rotatable bonds is 3. The first-order valence-electron chi connectivity index (χ1n) is 6.94. The number of anilines is 2. The zero-order valence-electron chi connectivity index (χ0n) is 11.3. The summed E-state index contributed by atoms with van der Waals surface area (Å²) in [5, 5.41) is 5.63. The normalized spacial score (nSPS) is 14.3. The van der Waals surface area contributed by atoms with Gasteiger partial charge >= 0.3 is 0 Å². The van der Waals surface area contributed by atoms with Crippen LogP contribution in [0.15, 0.2) is 47.3 Å². The third-order valence-corrected chi connectivity index (χ3v) is 4.01. The van der Waals surface area contributed by atoms with E-state index in [1.165, 1.54) is 12.8 Å². The summed E-state index contributed by atoms with van der Waals surface area (Å²) in [6.07, 6.45) is 6.05. The van der Waals surface area contributed by atoms with Crippen molar-refractivity contribution in [1.82, 2.24) is 15.0 Å². The SMILES string of the molecule is Brc1cc(Nc2cccc3ccncc23)nc(C2CC2)n1. The highest BCUT2D eigenvalue weighted by Gasteiger charge is 2.27.